The SMILES string of the molecule is CC(C)NC(=O)CCNC(=O)c1ccc(CCl)cc1. The minimum atomic E-state index is -0.182. The Morgan fingerprint density at radius 1 is 1.21 bits per heavy atom. The molecule has 1 aromatic carbocycles. The third-order valence-electron chi connectivity index (χ3n) is 2.46. The van der Waals surface area contributed by atoms with Crippen molar-refractivity contribution in [2.45, 2.75) is 32.2 Å². The zero-order chi connectivity index (χ0) is 14.3. The summed E-state index contributed by atoms with van der Waals surface area (Å²) in [6.45, 7) is 4.12. The molecule has 1 rings (SSSR count). The van der Waals surface area contributed by atoms with Crippen molar-refractivity contribution in [1.29, 1.82) is 0 Å². The summed E-state index contributed by atoms with van der Waals surface area (Å²) in [5.74, 6) is 0.184. The molecule has 0 radical (unpaired) electrons. The highest BCUT2D eigenvalue weighted by Gasteiger charge is 2.07. The van der Waals surface area contributed by atoms with Crippen molar-refractivity contribution in [1.82, 2.24) is 10.6 Å². The first-order valence-electron chi connectivity index (χ1n) is 6.25. The summed E-state index contributed by atoms with van der Waals surface area (Å²) in [7, 11) is 0. The number of nitrogens with one attached hydrogen (secondary N) is 2. The van der Waals surface area contributed by atoms with Crippen molar-refractivity contribution in [3.63, 3.8) is 0 Å². The van der Waals surface area contributed by atoms with Gasteiger partial charge < -0.3 is 10.6 Å². The quantitative estimate of drug-likeness (QED) is 0.785. The van der Waals surface area contributed by atoms with Gasteiger partial charge in [0.15, 0.2) is 0 Å². The number of rotatable bonds is 6. The highest BCUT2D eigenvalue weighted by Crippen LogP contribution is 2.06. The standard InChI is InChI=1S/C14H19ClN2O2/c1-10(2)17-13(18)7-8-16-14(19)12-5-3-11(9-15)4-6-12/h3-6,10H,7-9H2,1-2H3,(H,16,19)(H,17,18). The van der Waals surface area contributed by atoms with Gasteiger partial charge in [0, 0.05) is 30.5 Å². The van der Waals surface area contributed by atoms with Crippen molar-refractivity contribution in [3.05, 3.63) is 35.4 Å². The topological polar surface area (TPSA) is 58.2 Å². The van der Waals surface area contributed by atoms with Gasteiger partial charge in [0.05, 0.1) is 0 Å². The fourth-order valence-corrected chi connectivity index (χ4v) is 1.71. The zero-order valence-electron chi connectivity index (χ0n) is 11.2. The molecule has 0 unspecified atom stereocenters. The molecule has 0 aliphatic carbocycles. The maximum Gasteiger partial charge on any atom is 0.251 e. The van der Waals surface area contributed by atoms with E-state index in [4.69, 9.17) is 11.6 Å². The van der Waals surface area contributed by atoms with Gasteiger partial charge in [-0.25, -0.2) is 0 Å². The highest BCUT2D eigenvalue weighted by atomic mass is 35.5. The van der Waals surface area contributed by atoms with Crippen molar-refractivity contribution >= 4 is 23.4 Å². The Morgan fingerprint density at radius 3 is 2.37 bits per heavy atom. The molecule has 4 nitrogen and oxygen atoms in total. The zero-order valence-corrected chi connectivity index (χ0v) is 12.0. The van der Waals surface area contributed by atoms with Gasteiger partial charge in [0.25, 0.3) is 5.91 Å². The van der Waals surface area contributed by atoms with Crippen molar-refractivity contribution in [2.75, 3.05) is 6.54 Å². The van der Waals surface area contributed by atoms with Crippen LogP contribution in [-0.4, -0.2) is 24.4 Å². The normalized spacial score (nSPS) is 10.3. The van der Waals surface area contributed by atoms with Crippen LogP contribution < -0.4 is 10.6 Å². The van der Waals surface area contributed by atoms with E-state index in [9.17, 15) is 9.59 Å². The van der Waals surface area contributed by atoms with Gasteiger partial charge in [0.2, 0.25) is 5.91 Å². The number of amides is 2. The first-order chi connectivity index (χ1) is 9.02. The lowest BCUT2D eigenvalue weighted by atomic mass is 10.1. The van der Waals surface area contributed by atoms with Crippen LogP contribution in [0.4, 0.5) is 0 Å². The van der Waals surface area contributed by atoms with E-state index in [2.05, 4.69) is 10.6 Å². The molecule has 0 fully saturated rings. The number of benzene rings is 1. The monoisotopic (exact) mass is 282 g/mol. The van der Waals surface area contributed by atoms with Crippen LogP contribution in [0.15, 0.2) is 24.3 Å². The molecule has 1 aromatic rings. The predicted octanol–water partition coefficient (Wildman–Crippen LogP) is 2.07. The fourth-order valence-electron chi connectivity index (χ4n) is 1.53. The summed E-state index contributed by atoms with van der Waals surface area (Å²) < 4.78 is 0. The molecule has 5 heteroatoms. The lowest BCUT2D eigenvalue weighted by Crippen LogP contribution is -2.34. The van der Waals surface area contributed by atoms with Crippen molar-refractivity contribution in [3.8, 4) is 0 Å². The molecular formula is C14H19ClN2O2. The van der Waals surface area contributed by atoms with Crippen LogP contribution in [0.25, 0.3) is 0 Å². The van der Waals surface area contributed by atoms with E-state index < -0.39 is 0 Å². The molecule has 0 aromatic heterocycles. The number of alkyl halides is 1. The Bertz CT molecular complexity index is 430. The molecule has 104 valence electrons. The molecule has 19 heavy (non-hydrogen) atoms. The number of hydrogen-bond acceptors (Lipinski definition) is 2. The second-order valence-electron chi connectivity index (χ2n) is 4.56. The van der Waals surface area contributed by atoms with E-state index in [1.807, 2.05) is 26.0 Å². The summed E-state index contributed by atoms with van der Waals surface area (Å²) in [5, 5.41) is 5.47. The summed E-state index contributed by atoms with van der Waals surface area (Å²) in [4.78, 5) is 23.2. The molecule has 0 atom stereocenters. The Hall–Kier alpha value is -1.55. The minimum Gasteiger partial charge on any atom is -0.354 e. The van der Waals surface area contributed by atoms with E-state index in [1.54, 1.807) is 12.1 Å². The molecule has 0 saturated carbocycles. The first kappa shape index (κ1) is 15.5. The molecular weight excluding hydrogens is 264 g/mol. The second-order valence-corrected chi connectivity index (χ2v) is 4.83. The van der Waals surface area contributed by atoms with E-state index >= 15 is 0 Å². The van der Waals surface area contributed by atoms with Crippen LogP contribution in [0.5, 0.6) is 0 Å². The largest absolute Gasteiger partial charge is 0.354 e. The smallest absolute Gasteiger partial charge is 0.251 e. The number of carbonyl (C=O) groups is 2. The van der Waals surface area contributed by atoms with Gasteiger partial charge in [-0.2, -0.15) is 0 Å². The molecule has 0 bridgehead atoms. The predicted molar refractivity (Wildman–Crippen MR) is 76.2 cm³/mol. The molecule has 0 saturated heterocycles. The summed E-state index contributed by atoms with van der Waals surface area (Å²) in [6.07, 6.45) is 0.281. The first-order valence-corrected chi connectivity index (χ1v) is 6.79. The number of halogens is 1. The van der Waals surface area contributed by atoms with E-state index in [-0.39, 0.29) is 24.3 Å². The number of hydrogen-bond donors (Lipinski definition) is 2. The fraction of sp³-hybridized carbons (Fsp3) is 0.429. The van der Waals surface area contributed by atoms with Gasteiger partial charge >= 0.3 is 0 Å². The molecule has 2 N–H and O–H groups in total. The van der Waals surface area contributed by atoms with Gasteiger partial charge in [-0.3, -0.25) is 9.59 Å². The molecule has 2 amide bonds. The average molecular weight is 283 g/mol. The van der Waals surface area contributed by atoms with Crippen molar-refractivity contribution < 1.29 is 9.59 Å². The summed E-state index contributed by atoms with van der Waals surface area (Å²) in [6, 6.07) is 7.19. The van der Waals surface area contributed by atoms with E-state index in [1.165, 1.54) is 0 Å². The third-order valence-corrected chi connectivity index (χ3v) is 2.77. The highest BCUT2D eigenvalue weighted by molar-refractivity contribution is 6.17. The van der Waals surface area contributed by atoms with E-state index in [0.717, 1.165) is 5.56 Å². The molecule has 0 aliphatic heterocycles. The maximum absolute atomic E-state index is 11.8. The summed E-state index contributed by atoms with van der Waals surface area (Å²) in [5.41, 5.74) is 1.53. The van der Waals surface area contributed by atoms with Gasteiger partial charge in [0.1, 0.15) is 0 Å². The van der Waals surface area contributed by atoms with Crippen LogP contribution in [0.1, 0.15) is 36.2 Å². The Labute approximate surface area is 118 Å². The van der Waals surface area contributed by atoms with Crippen LogP contribution in [-0.2, 0) is 10.7 Å². The Kier molecular flexibility index (Phi) is 6.36. The Balaban J connectivity index is 2.36. The van der Waals surface area contributed by atoms with Crippen LogP contribution in [0.3, 0.4) is 0 Å². The average Bonchev–Trinajstić information content (AvgIpc) is 2.37. The lowest BCUT2D eigenvalue weighted by molar-refractivity contribution is -0.121. The van der Waals surface area contributed by atoms with E-state index in [0.29, 0.717) is 18.0 Å². The van der Waals surface area contributed by atoms with Crippen LogP contribution >= 0.6 is 11.6 Å². The number of carbonyl (C=O) groups excluding carboxylic acids is 2. The maximum atomic E-state index is 11.8. The lowest BCUT2D eigenvalue weighted by Gasteiger charge is -2.09. The van der Waals surface area contributed by atoms with Crippen LogP contribution in [0, 0.1) is 0 Å². The van der Waals surface area contributed by atoms with Gasteiger partial charge in [-0.05, 0) is 31.5 Å². The molecule has 0 heterocycles. The van der Waals surface area contributed by atoms with Crippen LogP contribution in [0.2, 0.25) is 0 Å². The van der Waals surface area contributed by atoms with Crippen molar-refractivity contribution in [2.24, 2.45) is 0 Å². The van der Waals surface area contributed by atoms with Gasteiger partial charge in [-0.15, -0.1) is 11.6 Å². The second kappa shape index (κ2) is 7.79. The van der Waals surface area contributed by atoms with Gasteiger partial charge in [-0.1, -0.05) is 12.1 Å². The molecule has 0 spiro atoms. The third kappa shape index (κ3) is 5.75. The summed E-state index contributed by atoms with van der Waals surface area (Å²) >= 11 is 5.67. The molecule has 0 aliphatic rings. The Morgan fingerprint density at radius 2 is 1.84 bits per heavy atom. The minimum absolute atomic E-state index is 0.0622.